The molecule has 3 N–H and O–H groups in total. The van der Waals surface area contributed by atoms with Gasteiger partial charge in [0.15, 0.2) is 0 Å². The molecule has 0 amide bonds. The molecule has 3 rings (SSSR count). The smallest absolute Gasteiger partial charge is 0.0208 e. The molecule has 0 atom stereocenters. The third-order valence-electron chi connectivity index (χ3n) is 3.62. The van der Waals surface area contributed by atoms with Crippen LogP contribution < -0.4 is 11.1 Å². The monoisotopic (exact) mass is 318 g/mol. The molecule has 0 bridgehead atoms. The van der Waals surface area contributed by atoms with Crippen LogP contribution in [0.15, 0.2) is 91.0 Å². The predicted molar refractivity (Wildman–Crippen MR) is 103 cm³/mol. The van der Waals surface area contributed by atoms with Gasteiger partial charge < -0.3 is 11.1 Å². The molecule has 0 aromatic heterocycles. The van der Waals surface area contributed by atoms with Crippen molar-refractivity contribution in [1.29, 1.82) is 0 Å². The van der Waals surface area contributed by atoms with Crippen molar-refractivity contribution >= 4 is 0 Å². The van der Waals surface area contributed by atoms with E-state index in [9.17, 15) is 0 Å². The summed E-state index contributed by atoms with van der Waals surface area (Å²) in [6, 6.07) is 31.2. The number of nitrogens with one attached hydrogen (secondary N) is 1. The van der Waals surface area contributed by atoms with Crippen LogP contribution in [0.2, 0.25) is 0 Å². The minimum Gasteiger partial charge on any atom is -0.330 e. The van der Waals surface area contributed by atoms with Gasteiger partial charge in [-0.3, -0.25) is 0 Å². The summed E-state index contributed by atoms with van der Waals surface area (Å²) in [4.78, 5) is 0. The molecule has 0 aliphatic heterocycles. The van der Waals surface area contributed by atoms with Crippen LogP contribution in [0.3, 0.4) is 0 Å². The molecule has 0 saturated heterocycles. The molecule has 0 saturated carbocycles. The quantitative estimate of drug-likeness (QED) is 0.716. The van der Waals surface area contributed by atoms with Crippen LogP contribution in [0.1, 0.15) is 16.7 Å². The zero-order valence-corrected chi connectivity index (χ0v) is 14.1. The highest BCUT2D eigenvalue weighted by Gasteiger charge is 1.92. The van der Waals surface area contributed by atoms with Gasteiger partial charge in [0.1, 0.15) is 0 Å². The molecule has 124 valence electrons. The lowest BCUT2D eigenvalue weighted by Crippen LogP contribution is -2.12. The van der Waals surface area contributed by atoms with Crippen molar-refractivity contribution in [3.05, 3.63) is 108 Å². The molecular formula is C22H26N2. The Kier molecular flexibility index (Phi) is 8.34. The van der Waals surface area contributed by atoms with Gasteiger partial charge in [0.05, 0.1) is 0 Å². The third kappa shape index (κ3) is 7.23. The van der Waals surface area contributed by atoms with Gasteiger partial charge in [0.25, 0.3) is 0 Å². The van der Waals surface area contributed by atoms with E-state index in [4.69, 9.17) is 5.73 Å². The molecule has 24 heavy (non-hydrogen) atoms. The van der Waals surface area contributed by atoms with Gasteiger partial charge in [-0.15, -0.1) is 0 Å². The van der Waals surface area contributed by atoms with Gasteiger partial charge in [-0.2, -0.15) is 0 Å². The summed E-state index contributed by atoms with van der Waals surface area (Å²) in [7, 11) is 0. The Morgan fingerprint density at radius 2 is 0.917 bits per heavy atom. The van der Waals surface area contributed by atoms with Crippen LogP contribution in [-0.4, -0.2) is 6.54 Å². The van der Waals surface area contributed by atoms with Crippen LogP contribution in [0.5, 0.6) is 0 Å². The third-order valence-corrected chi connectivity index (χ3v) is 3.62. The average molecular weight is 318 g/mol. The lowest BCUT2D eigenvalue weighted by molar-refractivity contribution is 0.693. The Morgan fingerprint density at radius 3 is 1.29 bits per heavy atom. The second-order valence-corrected chi connectivity index (χ2v) is 5.60. The molecule has 2 heteroatoms. The van der Waals surface area contributed by atoms with Crippen molar-refractivity contribution < 1.29 is 0 Å². The van der Waals surface area contributed by atoms with Crippen LogP contribution in [0, 0.1) is 0 Å². The second kappa shape index (κ2) is 11.2. The van der Waals surface area contributed by atoms with Crippen molar-refractivity contribution in [2.24, 2.45) is 5.73 Å². The number of rotatable bonds is 6. The minimum absolute atomic E-state index is 0.740. The number of nitrogens with two attached hydrogens (primary N) is 1. The van der Waals surface area contributed by atoms with Gasteiger partial charge in [-0.1, -0.05) is 91.0 Å². The fraction of sp³-hybridized carbons (Fsp3) is 0.182. The summed E-state index contributed by atoms with van der Waals surface area (Å²) in [6.07, 6.45) is 0.987. The van der Waals surface area contributed by atoms with E-state index in [1.807, 2.05) is 30.3 Å². The number of benzene rings is 3. The fourth-order valence-corrected chi connectivity index (χ4v) is 2.35. The Bertz CT molecular complexity index is 612. The molecule has 0 aliphatic rings. The first-order valence-electron chi connectivity index (χ1n) is 8.41. The standard InChI is InChI=1S/C14H15N.C8H11N/c1-3-7-13(8-4-1)11-15-12-14-9-5-2-6-10-14;9-7-6-8-4-2-1-3-5-8/h1-10,15H,11-12H2;1-5H,6-7,9H2. The zero-order chi connectivity index (χ0) is 16.9. The van der Waals surface area contributed by atoms with Crippen LogP contribution >= 0.6 is 0 Å². The minimum atomic E-state index is 0.740. The fourth-order valence-electron chi connectivity index (χ4n) is 2.35. The van der Waals surface area contributed by atoms with Crippen molar-refractivity contribution in [1.82, 2.24) is 5.32 Å². The maximum atomic E-state index is 5.36. The lowest BCUT2D eigenvalue weighted by atomic mass is 10.2. The van der Waals surface area contributed by atoms with Crippen molar-refractivity contribution in [3.63, 3.8) is 0 Å². The van der Waals surface area contributed by atoms with Crippen LogP contribution in [-0.2, 0) is 19.5 Å². The summed E-state index contributed by atoms with van der Waals surface area (Å²) in [5, 5.41) is 3.42. The van der Waals surface area contributed by atoms with Crippen molar-refractivity contribution in [3.8, 4) is 0 Å². The maximum Gasteiger partial charge on any atom is 0.0208 e. The van der Waals surface area contributed by atoms with Crippen LogP contribution in [0.4, 0.5) is 0 Å². The Balaban J connectivity index is 0.000000198. The molecule has 3 aromatic carbocycles. The van der Waals surface area contributed by atoms with E-state index in [-0.39, 0.29) is 0 Å². The summed E-state index contributed by atoms with van der Waals surface area (Å²) in [5.74, 6) is 0. The highest BCUT2D eigenvalue weighted by Crippen LogP contribution is 2.00. The van der Waals surface area contributed by atoms with E-state index in [1.165, 1.54) is 16.7 Å². The highest BCUT2D eigenvalue weighted by atomic mass is 14.8. The number of hydrogen-bond donors (Lipinski definition) is 2. The van der Waals surface area contributed by atoms with E-state index in [0.717, 1.165) is 26.1 Å². The predicted octanol–water partition coefficient (Wildman–Crippen LogP) is 4.16. The molecule has 0 unspecified atom stereocenters. The average Bonchev–Trinajstić information content (AvgIpc) is 2.65. The van der Waals surface area contributed by atoms with Gasteiger partial charge in [0.2, 0.25) is 0 Å². The van der Waals surface area contributed by atoms with Gasteiger partial charge in [-0.25, -0.2) is 0 Å². The first kappa shape index (κ1) is 17.9. The second-order valence-electron chi connectivity index (χ2n) is 5.60. The molecular weight excluding hydrogens is 292 g/mol. The molecule has 2 nitrogen and oxygen atoms in total. The van der Waals surface area contributed by atoms with Crippen molar-refractivity contribution in [2.45, 2.75) is 19.5 Å². The number of hydrogen-bond acceptors (Lipinski definition) is 2. The van der Waals surface area contributed by atoms with Crippen molar-refractivity contribution in [2.75, 3.05) is 6.54 Å². The Labute approximate surface area is 145 Å². The Hall–Kier alpha value is -2.42. The summed E-state index contributed by atoms with van der Waals surface area (Å²) in [6.45, 7) is 2.59. The molecule has 3 aromatic rings. The van der Waals surface area contributed by atoms with Gasteiger partial charge in [0, 0.05) is 13.1 Å². The molecule has 0 heterocycles. The summed E-state index contributed by atoms with van der Waals surface area (Å²) in [5.41, 5.74) is 9.33. The normalized spacial score (nSPS) is 9.88. The van der Waals surface area contributed by atoms with E-state index >= 15 is 0 Å². The van der Waals surface area contributed by atoms with Gasteiger partial charge >= 0.3 is 0 Å². The Morgan fingerprint density at radius 1 is 0.542 bits per heavy atom. The first-order valence-corrected chi connectivity index (χ1v) is 8.41. The summed E-state index contributed by atoms with van der Waals surface area (Å²) < 4.78 is 0. The van der Waals surface area contributed by atoms with Gasteiger partial charge in [-0.05, 0) is 29.7 Å². The first-order chi connectivity index (χ1) is 11.9. The maximum absolute atomic E-state index is 5.36. The zero-order valence-electron chi connectivity index (χ0n) is 14.1. The van der Waals surface area contributed by atoms with E-state index < -0.39 is 0 Å². The van der Waals surface area contributed by atoms with E-state index in [2.05, 4.69) is 66.0 Å². The SMILES string of the molecule is NCCc1ccccc1.c1ccc(CNCc2ccccc2)cc1. The highest BCUT2D eigenvalue weighted by molar-refractivity contribution is 5.17. The molecule has 0 spiro atoms. The molecule has 0 radical (unpaired) electrons. The van der Waals surface area contributed by atoms with E-state index in [0.29, 0.717) is 0 Å². The van der Waals surface area contributed by atoms with E-state index in [1.54, 1.807) is 0 Å². The van der Waals surface area contributed by atoms with Crippen LogP contribution in [0.25, 0.3) is 0 Å². The summed E-state index contributed by atoms with van der Waals surface area (Å²) >= 11 is 0. The largest absolute Gasteiger partial charge is 0.330 e. The molecule has 0 fully saturated rings. The topological polar surface area (TPSA) is 38.0 Å². The molecule has 0 aliphatic carbocycles. The lowest BCUT2D eigenvalue weighted by Gasteiger charge is -2.04.